The normalized spacial score (nSPS) is 31.1. The number of fused-ring (bicyclic) bond motifs is 5. The molecule has 6 rings (SSSR count). The van der Waals surface area contributed by atoms with Crippen LogP contribution in [0.25, 0.3) is 6.08 Å². The van der Waals surface area contributed by atoms with Gasteiger partial charge in [0.1, 0.15) is 11.5 Å². The average molecular weight is 741 g/mol. The van der Waals surface area contributed by atoms with Crippen molar-refractivity contribution < 1.29 is 19.0 Å². The molecule has 5 unspecified atom stereocenters. The van der Waals surface area contributed by atoms with Crippen LogP contribution >= 0.6 is 0 Å². The van der Waals surface area contributed by atoms with Crippen LogP contribution in [0.4, 0.5) is 11.4 Å². The third kappa shape index (κ3) is 9.62. The van der Waals surface area contributed by atoms with Gasteiger partial charge in [-0.1, -0.05) is 66.0 Å². The summed E-state index contributed by atoms with van der Waals surface area (Å²) in [6, 6.07) is 13.5. The minimum atomic E-state index is -0.306. The molecule has 0 saturated heterocycles. The fourth-order valence-electron chi connectivity index (χ4n) is 12.0. The van der Waals surface area contributed by atoms with Gasteiger partial charge in [0, 0.05) is 11.8 Å². The number of benzene rings is 2. The van der Waals surface area contributed by atoms with Gasteiger partial charge < -0.3 is 25.7 Å². The van der Waals surface area contributed by atoms with Crippen LogP contribution in [0.15, 0.2) is 48.5 Å². The van der Waals surface area contributed by atoms with Gasteiger partial charge in [0.05, 0.1) is 25.0 Å². The Morgan fingerprint density at radius 3 is 2.31 bits per heavy atom. The largest absolute Gasteiger partial charge is 0.491 e. The first-order chi connectivity index (χ1) is 26.0. The van der Waals surface area contributed by atoms with Gasteiger partial charge >= 0.3 is 5.97 Å². The summed E-state index contributed by atoms with van der Waals surface area (Å²) >= 11 is 0. The van der Waals surface area contributed by atoms with Crippen LogP contribution in [-0.4, -0.2) is 25.3 Å². The van der Waals surface area contributed by atoms with Crippen LogP contribution in [-0.2, 0) is 9.53 Å². The summed E-state index contributed by atoms with van der Waals surface area (Å²) in [5, 5.41) is 0. The Kier molecular flexibility index (Phi) is 13.7. The van der Waals surface area contributed by atoms with E-state index in [-0.39, 0.29) is 5.97 Å². The molecule has 0 aromatic heterocycles. The van der Waals surface area contributed by atoms with Crippen LogP contribution in [0.5, 0.6) is 11.5 Å². The third-order valence-electron chi connectivity index (χ3n) is 15.0. The van der Waals surface area contributed by atoms with E-state index in [1.807, 2.05) is 18.2 Å². The van der Waals surface area contributed by atoms with Crippen LogP contribution in [0.1, 0.15) is 143 Å². The van der Waals surface area contributed by atoms with Gasteiger partial charge in [0.2, 0.25) is 0 Å². The highest BCUT2D eigenvalue weighted by Crippen LogP contribution is 2.68. The molecule has 0 heterocycles. The summed E-state index contributed by atoms with van der Waals surface area (Å²) in [5.41, 5.74) is 14.9. The summed E-state index contributed by atoms with van der Waals surface area (Å²) in [4.78, 5) is 12.3. The first-order valence-corrected chi connectivity index (χ1v) is 21.9. The summed E-state index contributed by atoms with van der Waals surface area (Å²) in [7, 11) is 0. The highest BCUT2D eigenvalue weighted by molar-refractivity contribution is 5.87. The van der Waals surface area contributed by atoms with Crippen molar-refractivity contribution in [2.75, 3.05) is 24.7 Å². The molecule has 0 spiro atoms. The van der Waals surface area contributed by atoms with Crippen molar-refractivity contribution in [2.24, 2.45) is 52.3 Å². The van der Waals surface area contributed by atoms with E-state index in [1.165, 1.54) is 76.7 Å². The molecule has 4 saturated carbocycles. The lowest BCUT2D eigenvalue weighted by Gasteiger charge is -2.61. The van der Waals surface area contributed by atoms with Crippen LogP contribution in [0.3, 0.4) is 0 Å². The van der Waals surface area contributed by atoms with Crippen molar-refractivity contribution in [3.63, 3.8) is 0 Å². The van der Waals surface area contributed by atoms with Crippen molar-refractivity contribution >= 4 is 23.4 Å². The molecule has 2 aromatic carbocycles. The number of hydrogen-bond donors (Lipinski definition) is 2. The lowest BCUT2D eigenvalue weighted by molar-refractivity contribution is -0.137. The molecule has 6 heteroatoms. The molecular formula is C48H72N2O4. The molecule has 0 radical (unpaired) electrons. The summed E-state index contributed by atoms with van der Waals surface area (Å²) in [6.07, 6.45) is 23.9. The maximum Gasteiger partial charge on any atom is 0.330 e. The smallest absolute Gasteiger partial charge is 0.330 e. The number of unbranched alkanes of at least 4 members (excludes halogenated alkanes) is 3. The first-order valence-electron chi connectivity index (χ1n) is 21.9. The van der Waals surface area contributed by atoms with Gasteiger partial charge in [-0.05, 0) is 178 Å². The minimum absolute atomic E-state index is 0.294. The van der Waals surface area contributed by atoms with E-state index < -0.39 is 0 Å². The Labute approximate surface area is 327 Å². The number of esters is 1. The van der Waals surface area contributed by atoms with Crippen LogP contribution in [0, 0.1) is 52.3 Å². The van der Waals surface area contributed by atoms with Crippen molar-refractivity contribution in [2.45, 2.75) is 143 Å². The fraction of sp³-hybridized carbons (Fsp3) is 0.688. The molecular weight excluding hydrogens is 669 g/mol. The van der Waals surface area contributed by atoms with Gasteiger partial charge in [-0.3, -0.25) is 0 Å². The molecule has 2 aromatic rings. The Hall–Kier alpha value is -3.15. The van der Waals surface area contributed by atoms with E-state index in [2.05, 4.69) is 46.8 Å². The molecule has 9 atom stereocenters. The van der Waals surface area contributed by atoms with Gasteiger partial charge in [0.15, 0.2) is 0 Å². The van der Waals surface area contributed by atoms with Crippen LogP contribution < -0.4 is 20.9 Å². The zero-order valence-corrected chi connectivity index (χ0v) is 34.3. The number of rotatable bonds is 17. The first kappa shape index (κ1) is 40.5. The van der Waals surface area contributed by atoms with E-state index in [1.54, 1.807) is 18.2 Å². The van der Waals surface area contributed by atoms with E-state index in [9.17, 15) is 4.79 Å². The quantitative estimate of drug-likeness (QED) is 0.0725. The molecule has 0 bridgehead atoms. The molecule has 4 N–H and O–H groups in total. The van der Waals surface area contributed by atoms with E-state index in [0.717, 1.165) is 84.8 Å². The summed E-state index contributed by atoms with van der Waals surface area (Å²) < 4.78 is 17.8. The Morgan fingerprint density at radius 2 is 1.56 bits per heavy atom. The maximum absolute atomic E-state index is 12.3. The van der Waals surface area contributed by atoms with Gasteiger partial charge in [-0.25, -0.2) is 4.79 Å². The second-order valence-corrected chi connectivity index (χ2v) is 18.8. The highest BCUT2D eigenvalue weighted by atomic mass is 16.5. The molecule has 298 valence electrons. The predicted molar refractivity (Wildman–Crippen MR) is 223 cm³/mol. The lowest BCUT2D eigenvalue weighted by Crippen LogP contribution is -2.54. The second-order valence-electron chi connectivity index (χ2n) is 18.8. The predicted octanol–water partition coefficient (Wildman–Crippen LogP) is 11.9. The van der Waals surface area contributed by atoms with Gasteiger partial charge in [0.25, 0.3) is 0 Å². The van der Waals surface area contributed by atoms with Crippen LogP contribution in [0.2, 0.25) is 0 Å². The van der Waals surface area contributed by atoms with Crippen molar-refractivity contribution in [3.05, 3.63) is 54.1 Å². The number of nitrogen functional groups attached to an aromatic ring is 2. The third-order valence-corrected chi connectivity index (χ3v) is 15.0. The number of hydrogen-bond acceptors (Lipinski definition) is 6. The van der Waals surface area contributed by atoms with Gasteiger partial charge in [-0.15, -0.1) is 0 Å². The monoisotopic (exact) mass is 741 g/mol. The fourth-order valence-corrected chi connectivity index (χ4v) is 12.0. The molecule has 0 aliphatic heterocycles. The average Bonchev–Trinajstić information content (AvgIpc) is 3.50. The standard InChI is InChI=1S/C48H72N2O4/c1-33(2)11-10-12-34(3)41-21-22-42-40-20-16-36-31-39(25-27-47(36,4)43(40)26-28-48(41,42)5)54-38-18-13-35(14-19-38)15-24-46(51)53-30-9-7-6-8-29-52-45-23-17-37(49)32-44(45)50/h13-15,17-19,23-24,32-34,36,39-43H,6-12,16,20-22,25-31,49-50H2,1-5H3/t34-,36?,39?,40?,41-,42?,43?,47+,48-/m1/s1. The molecule has 54 heavy (non-hydrogen) atoms. The SMILES string of the molecule is CC(C)CCC[C@@H](C)[C@H]1CCC2C3CCC4CC(Oc5ccc(C=CC(=O)OCCCCCCOc6ccc(N)cc6N)cc5)CC[C@]4(C)C3CC[C@@]21C. The van der Waals surface area contributed by atoms with Crippen molar-refractivity contribution in [3.8, 4) is 11.5 Å². The summed E-state index contributed by atoms with van der Waals surface area (Å²) in [6.45, 7) is 13.8. The van der Waals surface area contributed by atoms with E-state index in [4.69, 9.17) is 25.7 Å². The minimum Gasteiger partial charge on any atom is -0.491 e. The van der Waals surface area contributed by atoms with Crippen molar-refractivity contribution in [1.82, 2.24) is 0 Å². The number of anilines is 2. The Morgan fingerprint density at radius 1 is 0.815 bits per heavy atom. The zero-order valence-electron chi connectivity index (χ0n) is 34.3. The highest BCUT2D eigenvalue weighted by Gasteiger charge is 2.60. The summed E-state index contributed by atoms with van der Waals surface area (Å²) in [5.74, 6) is 7.49. The maximum atomic E-state index is 12.3. The second kappa shape index (κ2) is 18.2. The lowest BCUT2D eigenvalue weighted by atomic mass is 9.44. The number of carbonyl (C=O) groups excluding carboxylic acids is 1. The topological polar surface area (TPSA) is 96.8 Å². The van der Waals surface area contributed by atoms with Crippen molar-refractivity contribution in [1.29, 1.82) is 0 Å². The molecule has 0 amide bonds. The van der Waals surface area contributed by atoms with E-state index >= 15 is 0 Å². The van der Waals surface area contributed by atoms with Gasteiger partial charge in [-0.2, -0.15) is 0 Å². The Balaban J connectivity index is 0.891. The Bertz CT molecular complexity index is 1540. The molecule has 4 fully saturated rings. The number of ether oxygens (including phenoxy) is 3. The van der Waals surface area contributed by atoms with E-state index in [0.29, 0.717) is 47.3 Å². The number of carbonyl (C=O) groups is 1. The zero-order chi connectivity index (χ0) is 38.3. The number of nitrogens with two attached hydrogens (primary N) is 2. The molecule has 4 aliphatic carbocycles. The molecule has 4 aliphatic rings. The molecule has 6 nitrogen and oxygen atoms in total.